The van der Waals surface area contributed by atoms with Gasteiger partial charge in [0.1, 0.15) is 0 Å². The van der Waals surface area contributed by atoms with Crippen LogP contribution in [-0.2, 0) is 9.59 Å². The lowest BCUT2D eigenvalue weighted by molar-refractivity contribution is -0.137. The van der Waals surface area contributed by atoms with Crippen molar-refractivity contribution in [3.63, 3.8) is 0 Å². The molecule has 0 spiro atoms. The van der Waals surface area contributed by atoms with E-state index in [1.165, 1.54) is 0 Å². The van der Waals surface area contributed by atoms with Crippen molar-refractivity contribution in [1.29, 1.82) is 0 Å². The highest BCUT2D eigenvalue weighted by Crippen LogP contribution is 2.06. The molecule has 0 radical (unpaired) electrons. The van der Waals surface area contributed by atoms with Crippen LogP contribution in [0.3, 0.4) is 0 Å². The average molecular weight is 230 g/mol. The van der Waals surface area contributed by atoms with Crippen molar-refractivity contribution >= 4 is 11.9 Å². The lowest BCUT2D eigenvalue weighted by Gasteiger charge is -2.18. The summed E-state index contributed by atoms with van der Waals surface area (Å²) < 4.78 is 0. The summed E-state index contributed by atoms with van der Waals surface area (Å²) in [7, 11) is 0. The summed E-state index contributed by atoms with van der Waals surface area (Å²) >= 11 is 0. The predicted octanol–water partition coefficient (Wildman–Crippen LogP) is 0.731. The topological polar surface area (TPSA) is 92.4 Å². The molecule has 1 amide bonds. The monoisotopic (exact) mass is 230 g/mol. The van der Waals surface area contributed by atoms with E-state index in [9.17, 15) is 9.59 Å². The molecule has 0 aromatic heterocycles. The first-order valence-electron chi connectivity index (χ1n) is 5.73. The Bertz CT molecular complexity index is 231. The Morgan fingerprint density at radius 3 is 2.50 bits per heavy atom. The van der Waals surface area contributed by atoms with Gasteiger partial charge in [-0.05, 0) is 25.8 Å². The molecule has 94 valence electrons. The minimum atomic E-state index is -0.887. The third-order valence-corrected chi connectivity index (χ3v) is 2.55. The van der Waals surface area contributed by atoms with Crippen LogP contribution >= 0.6 is 0 Å². The van der Waals surface area contributed by atoms with Crippen molar-refractivity contribution in [3.8, 4) is 0 Å². The van der Waals surface area contributed by atoms with E-state index in [2.05, 4.69) is 5.32 Å². The molecule has 0 aliphatic heterocycles. The van der Waals surface area contributed by atoms with Crippen LogP contribution in [0.4, 0.5) is 0 Å². The standard InChI is InChI=1S/C11H22N2O3/c1-3-9(7-10(14)15)13-11(16)8(2)5-4-6-12/h8-9H,3-7,12H2,1-2H3,(H,13,16)(H,14,15). The second-order valence-electron chi connectivity index (χ2n) is 4.04. The number of carboxylic acid groups (broad SMARTS) is 1. The van der Waals surface area contributed by atoms with Gasteiger partial charge in [0.25, 0.3) is 0 Å². The van der Waals surface area contributed by atoms with Crippen molar-refractivity contribution < 1.29 is 14.7 Å². The van der Waals surface area contributed by atoms with Crippen LogP contribution in [0.25, 0.3) is 0 Å². The molecule has 4 N–H and O–H groups in total. The van der Waals surface area contributed by atoms with Crippen LogP contribution < -0.4 is 11.1 Å². The van der Waals surface area contributed by atoms with Crippen LogP contribution in [0.5, 0.6) is 0 Å². The first kappa shape index (κ1) is 14.9. The maximum atomic E-state index is 11.7. The van der Waals surface area contributed by atoms with E-state index in [0.29, 0.717) is 13.0 Å². The fourth-order valence-electron chi connectivity index (χ4n) is 1.41. The van der Waals surface area contributed by atoms with Gasteiger partial charge in [0, 0.05) is 12.0 Å². The number of hydrogen-bond donors (Lipinski definition) is 3. The normalized spacial score (nSPS) is 14.2. The van der Waals surface area contributed by atoms with Crippen molar-refractivity contribution in [1.82, 2.24) is 5.32 Å². The Morgan fingerprint density at radius 2 is 2.06 bits per heavy atom. The van der Waals surface area contributed by atoms with Crippen molar-refractivity contribution in [2.45, 2.75) is 45.6 Å². The summed E-state index contributed by atoms with van der Waals surface area (Å²) in [5.74, 6) is -1.07. The molecule has 0 aliphatic rings. The van der Waals surface area contributed by atoms with Crippen molar-refractivity contribution in [2.75, 3.05) is 6.54 Å². The zero-order valence-electron chi connectivity index (χ0n) is 10.0. The minimum absolute atomic E-state index is 0.0220. The fourth-order valence-corrected chi connectivity index (χ4v) is 1.41. The van der Waals surface area contributed by atoms with Gasteiger partial charge in [-0.1, -0.05) is 13.8 Å². The van der Waals surface area contributed by atoms with Gasteiger partial charge in [-0.3, -0.25) is 9.59 Å². The maximum Gasteiger partial charge on any atom is 0.305 e. The van der Waals surface area contributed by atoms with Crippen molar-refractivity contribution in [2.24, 2.45) is 11.7 Å². The maximum absolute atomic E-state index is 11.7. The van der Waals surface area contributed by atoms with Gasteiger partial charge in [0.2, 0.25) is 5.91 Å². The van der Waals surface area contributed by atoms with Crippen LogP contribution in [0.15, 0.2) is 0 Å². The summed E-state index contributed by atoms with van der Waals surface area (Å²) in [4.78, 5) is 22.2. The van der Waals surface area contributed by atoms with Gasteiger partial charge in [-0.25, -0.2) is 0 Å². The molecule has 0 saturated heterocycles. The van der Waals surface area contributed by atoms with Gasteiger partial charge in [-0.15, -0.1) is 0 Å². The molecule has 2 unspecified atom stereocenters. The van der Waals surface area contributed by atoms with Crippen LogP contribution in [-0.4, -0.2) is 29.6 Å². The van der Waals surface area contributed by atoms with E-state index in [4.69, 9.17) is 10.8 Å². The van der Waals surface area contributed by atoms with Gasteiger partial charge in [0.15, 0.2) is 0 Å². The zero-order chi connectivity index (χ0) is 12.6. The molecule has 5 nitrogen and oxygen atoms in total. The number of aliphatic carboxylic acids is 1. The van der Waals surface area contributed by atoms with Gasteiger partial charge >= 0.3 is 5.97 Å². The number of amides is 1. The summed E-state index contributed by atoms with van der Waals surface area (Å²) in [6.45, 7) is 4.26. The largest absolute Gasteiger partial charge is 0.481 e. The molecule has 5 heteroatoms. The third kappa shape index (κ3) is 6.40. The third-order valence-electron chi connectivity index (χ3n) is 2.55. The molecule has 0 rings (SSSR count). The zero-order valence-corrected chi connectivity index (χ0v) is 10.0. The lowest BCUT2D eigenvalue weighted by atomic mass is 10.0. The number of rotatable bonds is 8. The SMILES string of the molecule is CCC(CC(=O)O)NC(=O)C(C)CCCN. The predicted molar refractivity (Wildman–Crippen MR) is 61.9 cm³/mol. The van der Waals surface area contributed by atoms with Crippen molar-refractivity contribution in [3.05, 3.63) is 0 Å². The molecule has 0 saturated carbocycles. The number of carbonyl (C=O) groups excluding carboxylic acids is 1. The quantitative estimate of drug-likeness (QED) is 0.573. The van der Waals surface area contributed by atoms with E-state index < -0.39 is 5.97 Å². The molecule has 0 aromatic carbocycles. The van der Waals surface area contributed by atoms with Gasteiger partial charge in [0.05, 0.1) is 6.42 Å². The number of hydrogen-bond acceptors (Lipinski definition) is 3. The van der Waals surface area contributed by atoms with E-state index in [1.54, 1.807) is 0 Å². The number of carbonyl (C=O) groups is 2. The van der Waals surface area contributed by atoms with E-state index in [-0.39, 0.29) is 24.3 Å². The molecule has 0 fully saturated rings. The Kier molecular flexibility index (Phi) is 7.54. The second-order valence-corrected chi connectivity index (χ2v) is 4.04. The Morgan fingerprint density at radius 1 is 1.44 bits per heavy atom. The highest BCUT2D eigenvalue weighted by Gasteiger charge is 2.17. The van der Waals surface area contributed by atoms with E-state index in [1.807, 2.05) is 13.8 Å². The molecule has 0 heterocycles. The first-order chi connectivity index (χ1) is 7.51. The molecule has 0 aromatic rings. The Hall–Kier alpha value is -1.10. The Balaban J connectivity index is 4.03. The summed E-state index contributed by atoms with van der Waals surface area (Å²) in [5.41, 5.74) is 5.36. The number of carboxylic acids is 1. The van der Waals surface area contributed by atoms with E-state index in [0.717, 1.165) is 12.8 Å². The highest BCUT2D eigenvalue weighted by molar-refractivity contribution is 5.79. The summed E-state index contributed by atoms with van der Waals surface area (Å²) in [6.07, 6.45) is 2.16. The van der Waals surface area contributed by atoms with Gasteiger partial charge in [-0.2, -0.15) is 0 Å². The number of nitrogens with one attached hydrogen (secondary N) is 1. The molecule has 2 atom stereocenters. The van der Waals surface area contributed by atoms with E-state index >= 15 is 0 Å². The second kappa shape index (κ2) is 8.10. The molecule has 0 aliphatic carbocycles. The van der Waals surface area contributed by atoms with Gasteiger partial charge < -0.3 is 16.2 Å². The summed E-state index contributed by atoms with van der Waals surface area (Å²) in [5, 5.41) is 11.4. The Labute approximate surface area is 96.4 Å². The smallest absolute Gasteiger partial charge is 0.305 e. The molecule has 0 bridgehead atoms. The van der Waals surface area contributed by atoms with Crippen LogP contribution in [0.2, 0.25) is 0 Å². The fraction of sp³-hybridized carbons (Fsp3) is 0.818. The first-order valence-corrected chi connectivity index (χ1v) is 5.73. The highest BCUT2D eigenvalue weighted by atomic mass is 16.4. The molecular weight excluding hydrogens is 208 g/mol. The summed E-state index contributed by atoms with van der Waals surface area (Å²) in [6, 6.07) is -0.273. The molecular formula is C11H22N2O3. The average Bonchev–Trinajstić information content (AvgIpc) is 2.23. The minimum Gasteiger partial charge on any atom is -0.481 e. The molecule has 16 heavy (non-hydrogen) atoms. The van der Waals surface area contributed by atoms with Crippen LogP contribution in [0, 0.1) is 5.92 Å². The number of nitrogens with two attached hydrogens (primary N) is 1. The lowest BCUT2D eigenvalue weighted by Crippen LogP contribution is -2.39. The van der Waals surface area contributed by atoms with Crippen LogP contribution in [0.1, 0.15) is 39.5 Å².